The largest absolute Gasteiger partial charge is 0.314 e. The Morgan fingerprint density at radius 1 is 1.38 bits per heavy atom. The summed E-state index contributed by atoms with van der Waals surface area (Å²) < 4.78 is 22.9. The van der Waals surface area contributed by atoms with Crippen LogP contribution in [0.2, 0.25) is 0 Å². The Morgan fingerprint density at radius 2 is 2.06 bits per heavy atom. The molecule has 0 aromatic rings. The Hall–Kier alpha value is -0.0900. The molecular weight excluding hydrogens is 222 g/mol. The summed E-state index contributed by atoms with van der Waals surface area (Å²) in [4.78, 5) is 0. The van der Waals surface area contributed by atoms with Crippen LogP contribution in [0.15, 0.2) is 0 Å². The van der Waals surface area contributed by atoms with Gasteiger partial charge in [0.25, 0.3) is 0 Å². The zero-order valence-electron chi connectivity index (χ0n) is 10.7. The minimum Gasteiger partial charge on any atom is -0.314 e. The fourth-order valence-electron chi connectivity index (χ4n) is 2.46. The predicted molar refractivity (Wildman–Crippen MR) is 68.3 cm³/mol. The molecule has 1 saturated heterocycles. The third-order valence-corrected chi connectivity index (χ3v) is 5.18. The summed E-state index contributed by atoms with van der Waals surface area (Å²) in [7, 11) is -2.73. The first-order valence-electron chi connectivity index (χ1n) is 6.38. The minimum atomic E-state index is -2.73. The number of hydrogen-bond donors (Lipinski definition) is 1. The highest BCUT2D eigenvalue weighted by molar-refractivity contribution is 7.91. The van der Waals surface area contributed by atoms with Gasteiger partial charge in [-0.05, 0) is 31.2 Å². The molecule has 0 aliphatic carbocycles. The first-order chi connectivity index (χ1) is 7.44. The summed E-state index contributed by atoms with van der Waals surface area (Å²) in [5.74, 6) is 1.73. The average Bonchev–Trinajstić information content (AvgIpc) is 2.53. The van der Waals surface area contributed by atoms with Crippen molar-refractivity contribution in [2.45, 2.75) is 46.1 Å². The highest BCUT2D eigenvalue weighted by Crippen LogP contribution is 2.28. The molecule has 1 aliphatic heterocycles. The van der Waals surface area contributed by atoms with Crippen molar-refractivity contribution in [2.75, 3.05) is 18.1 Å². The fraction of sp³-hybridized carbons (Fsp3) is 1.00. The summed E-state index contributed by atoms with van der Waals surface area (Å²) in [6, 6.07) is 0.484. The molecule has 1 rings (SSSR count). The molecule has 0 radical (unpaired) electrons. The Kier molecular flexibility index (Phi) is 5.25. The summed E-state index contributed by atoms with van der Waals surface area (Å²) >= 11 is 0. The standard InChI is InChI=1S/C12H25NO2S/c1-4-5-11(8-13-10(2)3)12-6-7-16(14,15)9-12/h10-13H,4-9H2,1-3H3. The summed E-state index contributed by atoms with van der Waals surface area (Å²) in [5.41, 5.74) is 0. The van der Waals surface area contributed by atoms with E-state index in [1.807, 2.05) is 0 Å². The van der Waals surface area contributed by atoms with E-state index in [1.165, 1.54) is 0 Å². The zero-order chi connectivity index (χ0) is 12.2. The molecule has 0 spiro atoms. The van der Waals surface area contributed by atoms with Crippen molar-refractivity contribution >= 4 is 9.84 Å². The smallest absolute Gasteiger partial charge is 0.150 e. The van der Waals surface area contributed by atoms with Gasteiger partial charge in [0, 0.05) is 6.04 Å². The van der Waals surface area contributed by atoms with Crippen LogP contribution in [0.25, 0.3) is 0 Å². The Labute approximate surface area is 99.9 Å². The monoisotopic (exact) mass is 247 g/mol. The second-order valence-electron chi connectivity index (χ2n) is 5.27. The van der Waals surface area contributed by atoms with Crippen LogP contribution in [-0.4, -0.2) is 32.5 Å². The Bertz CT molecular complexity index is 298. The van der Waals surface area contributed by atoms with Gasteiger partial charge in [-0.3, -0.25) is 0 Å². The summed E-state index contributed by atoms with van der Waals surface area (Å²) in [6.45, 7) is 7.40. The van der Waals surface area contributed by atoms with Crippen LogP contribution in [0, 0.1) is 11.8 Å². The van der Waals surface area contributed by atoms with Crippen LogP contribution in [0.4, 0.5) is 0 Å². The minimum absolute atomic E-state index is 0.385. The van der Waals surface area contributed by atoms with Crippen molar-refractivity contribution in [1.82, 2.24) is 5.32 Å². The van der Waals surface area contributed by atoms with Crippen molar-refractivity contribution in [2.24, 2.45) is 11.8 Å². The van der Waals surface area contributed by atoms with Crippen LogP contribution < -0.4 is 5.32 Å². The van der Waals surface area contributed by atoms with Crippen molar-refractivity contribution in [3.8, 4) is 0 Å². The highest BCUT2D eigenvalue weighted by atomic mass is 32.2. The first kappa shape index (κ1) is 14.0. The molecule has 0 amide bonds. The van der Waals surface area contributed by atoms with E-state index in [0.717, 1.165) is 25.8 Å². The molecule has 1 fully saturated rings. The Balaban J connectivity index is 2.50. The molecule has 16 heavy (non-hydrogen) atoms. The highest BCUT2D eigenvalue weighted by Gasteiger charge is 2.32. The van der Waals surface area contributed by atoms with Crippen LogP contribution >= 0.6 is 0 Å². The molecule has 1 heterocycles. The normalized spacial score (nSPS) is 26.1. The molecule has 0 aromatic carbocycles. The van der Waals surface area contributed by atoms with E-state index >= 15 is 0 Å². The van der Waals surface area contributed by atoms with E-state index in [9.17, 15) is 8.42 Å². The van der Waals surface area contributed by atoms with Gasteiger partial charge in [0.15, 0.2) is 9.84 Å². The number of nitrogens with one attached hydrogen (secondary N) is 1. The van der Waals surface area contributed by atoms with Crippen LogP contribution in [0.5, 0.6) is 0 Å². The van der Waals surface area contributed by atoms with Gasteiger partial charge in [-0.25, -0.2) is 8.42 Å². The quantitative estimate of drug-likeness (QED) is 0.779. The Morgan fingerprint density at radius 3 is 2.50 bits per heavy atom. The van der Waals surface area contributed by atoms with E-state index in [-0.39, 0.29) is 0 Å². The first-order valence-corrected chi connectivity index (χ1v) is 8.20. The van der Waals surface area contributed by atoms with E-state index in [1.54, 1.807) is 0 Å². The lowest BCUT2D eigenvalue weighted by Crippen LogP contribution is -2.33. The van der Waals surface area contributed by atoms with Gasteiger partial charge in [-0.15, -0.1) is 0 Å². The van der Waals surface area contributed by atoms with Crippen molar-refractivity contribution in [1.29, 1.82) is 0 Å². The molecule has 3 nitrogen and oxygen atoms in total. The number of hydrogen-bond acceptors (Lipinski definition) is 3. The number of sulfone groups is 1. The molecule has 2 unspecified atom stereocenters. The molecule has 1 aliphatic rings. The maximum absolute atomic E-state index is 11.5. The van der Waals surface area contributed by atoms with Gasteiger partial charge in [-0.1, -0.05) is 27.2 Å². The summed E-state index contributed by atoms with van der Waals surface area (Å²) in [5, 5.41) is 3.44. The molecule has 0 saturated carbocycles. The second-order valence-corrected chi connectivity index (χ2v) is 7.50. The maximum Gasteiger partial charge on any atom is 0.150 e. The third kappa shape index (κ3) is 4.42. The topological polar surface area (TPSA) is 46.2 Å². The van der Waals surface area contributed by atoms with Crippen molar-refractivity contribution < 1.29 is 8.42 Å². The third-order valence-electron chi connectivity index (χ3n) is 3.38. The maximum atomic E-state index is 11.5. The average molecular weight is 247 g/mol. The van der Waals surface area contributed by atoms with Crippen LogP contribution in [0.3, 0.4) is 0 Å². The lowest BCUT2D eigenvalue weighted by Gasteiger charge is -2.23. The summed E-state index contributed by atoms with van der Waals surface area (Å²) in [6.07, 6.45) is 3.15. The molecular formula is C12H25NO2S. The van der Waals surface area contributed by atoms with E-state index in [4.69, 9.17) is 0 Å². The lowest BCUT2D eigenvalue weighted by molar-refractivity contribution is 0.314. The SMILES string of the molecule is CCCC(CNC(C)C)C1CCS(=O)(=O)C1. The zero-order valence-corrected chi connectivity index (χ0v) is 11.5. The van der Waals surface area contributed by atoms with Gasteiger partial charge < -0.3 is 5.32 Å². The van der Waals surface area contributed by atoms with Gasteiger partial charge in [0.1, 0.15) is 0 Å². The van der Waals surface area contributed by atoms with Gasteiger partial charge >= 0.3 is 0 Å². The van der Waals surface area contributed by atoms with E-state index < -0.39 is 9.84 Å². The number of rotatable bonds is 6. The molecule has 1 N–H and O–H groups in total. The van der Waals surface area contributed by atoms with E-state index in [2.05, 4.69) is 26.1 Å². The lowest BCUT2D eigenvalue weighted by atomic mass is 9.88. The molecule has 96 valence electrons. The van der Waals surface area contributed by atoms with Crippen molar-refractivity contribution in [3.63, 3.8) is 0 Å². The molecule has 2 atom stereocenters. The van der Waals surface area contributed by atoms with Gasteiger partial charge in [-0.2, -0.15) is 0 Å². The van der Waals surface area contributed by atoms with E-state index in [0.29, 0.717) is 29.4 Å². The van der Waals surface area contributed by atoms with Crippen LogP contribution in [0.1, 0.15) is 40.0 Å². The predicted octanol–water partition coefficient (Wildman–Crippen LogP) is 1.84. The van der Waals surface area contributed by atoms with Gasteiger partial charge in [0.05, 0.1) is 11.5 Å². The molecule has 4 heteroatoms. The molecule has 0 aromatic heterocycles. The fourth-order valence-corrected chi connectivity index (χ4v) is 4.38. The van der Waals surface area contributed by atoms with Crippen LogP contribution in [-0.2, 0) is 9.84 Å². The van der Waals surface area contributed by atoms with Gasteiger partial charge in [0.2, 0.25) is 0 Å². The molecule has 0 bridgehead atoms. The van der Waals surface area contributed by atoms with Crippen molar-refractivity contribution in [3.05, 3.63) is 0 Å². The second kappa shape index (κ2) is 6.01.